The van der Waals surface area contributed by atoms with Crippen molar-refractivity contribution in [2.24, 2.45) is 0 Å². The zero-order valence-electron chi connectivity index (χ0n) is 13.0. The van der Waals surface area contributed by atoms with Crippen molar-refractivity contribution in [3.63, 3.8) is 0 Å². The minimum absolute atomic E-state index is 0.253. The quantitative estimate of drug-likeness (QED) is 0.478. The molecule has 0 fully saturated rings. The first kappa shape index (κ1) is 18.5. The van der Waals surface area contributed by atoms with Crippen molar-refractivity contribution >= 4 is 43.6 Å². The zero-order chi connectivity index (χ0) is 17.7. The van der Waals surface area contributed by atoms with E-state index in [1.807, 2.05) is 0 Å². The Morgan fingerprint density at radius 1 is 0.958 bits per heavy atom. The number of ether oxygens (including phenoxy) is 3. The van der Waals surface area contributed by atoms with Crippen molar-refractivity contribution < 1.29 is 23.8 Å². The van der Waals surface area contributed by atoms with E-state index in [0.717, 1.165) is 4.47 Å². The minimum atomic E-state index is -0.623. The minimum Gasteiger partial charge on any atom is -0.493 e. The number of hydrogen-bond acceptors (Lipinski definition) is 5. The summed E-state index contributed by atoms with van der Waals surface area (Å²) in [5.74, 6) is -0.0458. The third kappa shape index (κ3) is 4.36. The molecule has 2 aromatic carbocycles. The largest absolute Gasteiger partial charge is 0.493 e. The van der Waals surface area contributed by atoms with Gasteiger partial charge in [-0.25, -0.2) is 4.79 Å². The topological polar surface area (TPSA) is 61.8 Å². The standard InChI is InChI=1S/C17H14Br2O5/c1-22-15-8-11(7-13(19)16(15)23-2)17(21)24-9-14(20)10-3-5-12(18)6-4-10/h3-8H,9H2,1-2H3. The van der Waals surface area contributed by atoms with Gasteiger partial charge in [0.25, 0.3) is 0 Å². The van der Waals surface area contributed by atoms with E-state index in [9.17, 15) is 9.59 Å². The van der Waals surface area contributed by atoms with Gasteiger partial charge in [-0.3, -0.25) is 4.79 Å². The summed E-state index contributed by atoms with van der Waals surface area (Å²) in [6.07, 6.45) is 0. The fourth-order valence-electron chi connectivity index (χ4n) is 1.97. The predicted octanol–water partition coefficient (Wildman–Crippen LogP) is 4.27. The normalized spacial score (nSPS) is 10.2. The van der Waals surface area contributed by atoms with Crippen LogP contribution in [0.4, 0.5) is 0 Å². The molecule has 126 valence electrons. The number of rotatable bonds is 6. The van der Waals surface area contributed by atoms with Gasteiger partial charge in [-0.15, -0.1) is 0 Å². The van der Waals surface area contributed by atoms with Crippen LogP contribution >= 0.6 is 31.9 Å². The van der Waals surface area contributed by atoms with Gasteiger partial charge in [-0.2, -0.15) is 0 Å². The number of Topliss-reactive ketones (excluding diaryl/α,β-unsaturated/α-hetero) is 1. The summed E-state index contributed by atoms with van der Waals surface area (Å²) in [6.45, 7) is -0.341. The number of esters is 1. The molecule has 2 aromatic rings. The molecule has 5 nitrogen and oxygen atoms in total. The lowest BCUT2D eigenvalue weighted by Gasteiger charge is -2.11. The molecule has 0 N–H and O–H groups in total. The predicted molar refractivity (Wildman–Crippen MR) is 96.0 cm³/mol. The van der Waals surface area contributed by atoms with Crippen molar-refractivity contribution in [2.75, 3.05) is 20.8 Å². The first-order valence-electron chi connectivity index (χ1n) is 6.83. The van der Waals surface area contributed by atoms with Crippen LogP contribution in [0, 0.1) is 0 Å². The van der Waals surface area contributed by atoms with Crippen LogP contribution in [-0.2, 0) is 4.74 Å². The van der Waals surface area contributed by atoms with Gasteiger partial charge in [0.15, 0.2) is 23.9 Å². The molecule has 0 saturated heterocycles. The molecule has 2 rings (SSSR count). The highest BCUT2D eigenvalue weighted by molar-refractivity contribution is 9.10. The van der Waals surface area contributed by atoms with Gasteiger partial charge < -0.3 is 14.2 Å². The van der Waals surface area contributed by atoms with E-state index in [0.29, 0.717) is 21.5 Å². The Balaban J connectivity index is 2.08. The van der Waals surface area contributed by atoms with E-state index in [-0.39, 0.29) is 18.0 Å². The average molecular weight is 458 g/mol. The molecule has 0 unspecified atom stereocenters. The van der Waals surface area contributed by atoms with Crippen LogP contribution < -0.4 is 9.47 Å². The number of hydrogen-bond donors (Lipinski definition) is 0. The van der Waals surface area contributed by atoms with E-state index in [1.54, 1.807) is 30.3 Å². The number of methoxy groups -OCH3 is 2. The van der Waals surface area contributed by atoms with Gasteiger partial charge in [0, 0.05) is 10.0 Å². The molecule has 0 aromatic heterocycles. The summed E-state index contributed by atoms with van der Waals surface area (Å²) in [6, 6.07) is 9.87. The third-order valence-corrected chi connectivity index (χ3v) is 4.29. The molecular formula is C17H14Br2O5. The molecule has 0 amide bonds. The third-order valence-electron chi connectivity index (χ3n) is 3.17. The van der Waals surface area contributed by atoms with Crippen LogP contribution in [0.25, 0.3) is 0 Å². The summed E-state index contributed by atoms with van der Waals surface area (Å²) < 4.78 is 16.9. The number of ketones is 1. The van der Waals surface area contributed by atoms with Gasteiger partial charge >= 0.3 is 5.97 Å². The van der Waals surface area contributed by atoms with Gasteiger partial charge in [-0.05, 0) is 40.2 Å². The smallest absolute Gasteiger partial charge is 0.338 e. The van der Waals surface area contributed by atoms with E-state index < -0.39 is 5.97 Å². The number of halogens is 2. The number of carbonyl (C=O) groups is 2. The molecule has 0 spiro atoms. The first-order chi connectivity index (χ1) is 11.5. The summed E-state index contributed by atoms with van der Waals surface area (Å²) in [4.78, 5) is 24.2. The fourth-order valence-corrected chi connectivity index (χ4v) is 2.84. The van der Waals surface area contributed by atoms with Crippen LogP contribution in [-0.4, -0.2) is 32.6 Å². The van der Waals surface area contributed by atoms with Gasteiger partial charge in [0.2, 0.25) is 0 Å². The molecule has 0 aliphatic carbocycles. The summed E-state index contributed by atoms with van der Waals surface area (Å²) >= 11 is 6.60. The van der Waals surface area contributed by atoms with Gasteiger partial charge in [0.1, 0.15) is 0 Å². The SMILES string of the molecule is COc1cc(C(=O)OCC(=O)c2ccc(Br)cc2)cc(Br)c1OC. The second-order valence-electron chi connectivity index (χ2n) is 4.70. The van der Waals surface area contributed by atoms with Crippen LogP contribution in [0.15, 0.2) is 45.3 Å². The molecule has 0 atom stereocenters. The highest BCUT2D eigenvalue weighted by Crippen LogP contribution is 2.36. The maximum absolute atomic E-state index is 12.2. The summed E-state index contributed by atoms with van der Waals surface area (Å²) in [5.41, 5.74) is 0.725. The second-order valence-corrected chi connectivity index (χ2v) is 6.47. The Kier molecular flexibility index (Phi) is 6.39. The average Bonchev–Trinajstić information content (AvgIpc) is 2.59. The van der Waals surface area contributed by atoms with E-state index >= 15 is 0 Å². The zero-order valence-corrected chi connectivity index (χ0v) is 16.1. The Labute approximate surface area is 156 Å². The lowest BCUT2D eigenvalue weighted by atomic mass is 10.1. The van der Waals surface area contributed by atoms with Gasteiger partial charge in [0.05, 0.1) is 24.3 Å². The lowest BCUT2D eigenvalue weighted by molar-refractivity contribution is 0.0474. The van der Waals surface area contributed by atoms with Crippen molar-refractivity contribution in [2.45, 2.75) is 0 Å². The highest BCUT2D eigenvalue weighted by atomic mass is 79.9. The molecule has 7 heteroatoms. The van der Waals surface area contributed by atoms with Crippen LogP contribution in [0.5, 0.6) is 11.5 Å². The molecule has 24 heavy (non-hydrogen) atoms. The van der Waals surface area contributed by atoms with Crippen molar-refractivity contribution in [1.82, 2.24) is 0 Å². The van der Waals surface area contributed by atoms with E-state index in [4.69, 9.17) is 14.2 Å². The van der Waals surface area contributed by atoms with Crippen LogP contribution in [0.3, 0.4) is 0 Å². The van der Waals surface area contributed by atoms with Gasteiger partial charge in [-0.1, -0.05) is 28.1 Å². The molecule has 0 bridgehead atoms. The Morgan fingerprint density at radius 2 is 1.62 bits per heavy atom. The fraction of sp³-hybridized carbons (Fsp3) is 0.176. The second kappa shape index (κ2) is 8.30. The maximum Gasteiger partial charge on any atom is 0.338 e. The maximum atomic E-state index is 12.2. The molecule has 0 saturated carbocycles. The van der Waals surface area contributed by atoms with Crippen molar-refractivity contribution in [3.05, 3.63) is 56.5 Å². The lowest BCUT2D eigenvalue weighted by Crippen LogP contribution is -2.14. The molecule has 0 aliphatic heterocycles. The van der Waals surface area contributed by atoms with Crippen molar-refractivity contribution in [1.29, 1.82) is 0 Å². The van der Waals surface area contributed by atoms with Crippen molar-refractivity contribution in [3.8, 4) is 11.5 Å². The summed E-state index contributed by atoms with van der Waals surface area (Å²) in [7, 11) is 2.97. The van der Waals surface area contributed by atoms with Crippen LogP contribution in [0.2, 0.25) is 0 Å². The molecule has 0 heterocycles. The molecule has 0 aliphatic rings. The first-order valence-corrected chi connectivity index (χ1v) is 8.42. The van der Waals surface area contributed by atoms with Crippen LogP contribution in [0.1, 0.15) is 20.7 Å². The molecule has 0 radical (unpaired) electrons. The van der Waals surface area contributed by atoms with E-state index in [1.165, 1.54) is 20.3 Å². The molecular weight excluding hydrogens is 444 g/mol. The number of benzene rings is 2. The highest BCUT2D eigenvalue weighted by Gasteiger charge is 2.17. The monoisotopic (exact) mass is 456 g/mol. The summed E-state index contributed by atoms with van der Waals surface area (Å²) in [5, 5.41) is 0. The number of carbonyl (C=O) groups excluding carboxylic acids is 2. The Hall–Kier alpha value is -1.86. The Bertz CT molecular complexity index is 756. The van der Waals surface area contributed by atoms with E-state index in [2.05, 4.69) is 31.9 Å². The Morgan fingerprint density at radius 3 is 2.21 bits per heavy atom.